The number of imidazole rings is 2. The highest BCUT2D eigenvalue weighted by Gasteiger charge is 2.16. The van der Waals surface area contributed by atoms with Crippen molar-refractivity contribution in [2.75, 3.05) is 0 Å². The van der Waals surface area contributed by atoms with Crippen LogP contribution in [0.3, 0.4) is 0 Å². The first-order valence-corrected chi connectivity index (χ1v) is 7.06. The Balaban J connectivity index is 2.07. The molecule has 0 bridgehead atoms. The highest BCUT2D eigenvalue weighted by molar-refractivity contribution is 5.80. The molecule has 3 aromatic rings. The molecule has 3 rings (SSSR count). The molecule has 0 aliphatic heterocycles. The number of aromatic amines is 1. The minimum atomic E-state index is -0.790. The molecule has 110 valence electrons. The second kappa shape index (κ2) is 4.62. The van der Waals surface area contributed by atoms with Crippen molar-refractivity contribution in [3.63, 3.8) is 0 Å². The van der Waals surface area contributed by atoms with E-state index in [2.05, 4.69) is 42.9 Å². The third kappa shape index (κ3) is 2.51. The number of carboxylic acids is 1. The Bertz CT molecular complexity index is 821. The van der Waals surface area contributed by atoms with Crippen molar-refractivity contribution in [1.82, 2.24) is 14.4 Å². The van der Waals surface area contributed by atoms with Gasteiger partial charge in [0.2, 0.25) is 5.78 Å². The molecule has 5 heteroatoms. The second-order valence-corrected chi connectivity index (χ2v) is 6.43. The highest BCUT2D eigenvalue weighted by Crippen LogP contribution is 2.26. The van der Waals surface area contributed by atoms with Crippen LogP contribution in [0.2, 0.25) is 0 Å². The fourth-order valence-corrected chi connectivity index (χ4v) is 2.48. The number of aromatic nitrogens is 3. The summed E-state index contributed by atoms with van der Waals surface area (Å²) in [7, 11) is 0. The molecular formula is C16H19N3O2. The summed E-state index contributed by atoms with van der Waals surface area (Å²) in [4.78, 5) is 18.4. The number of hydrogen-bond donors (Lipinski definition) is 2. The van der Waals surface area contributed by atoms with Gasteiger partial charge in [0.25, 0.3) is 0 Å². The van der Waals surface area contributed by atoms with E-state index in [4.69, 9.17) is 5.11 Å². The van der Waals surface area contributed by atoms with Crippen LogP contribution in [0.1, 0.15) is 38.4 Å². The molecule has 0 aliphatic rings. The number of fused-ring (bicyclic) bond motifs is 3. The van der Waals surface area contributed by atoms with Gasteiger partial charge in [0.05, 0.1) is 17.5 Å². The maximum atomic E-state index is 10.7. The van der Waals surface area contributed by atoms with Crippen LogP contribution < -0.4 is 0 Å². The number of carbonyl (C=O) groups is 1. The van der Waals surface area contributed by atoms with Crippen LogP contribution in [0.5, 0.6) is 0 Å². The number of benzene rings is 1. The molecule has 0 unspecified atom stereocenters. The summed E-state index contributed by atoms with van der Waals surface area (Å²) >= 11 is 0. The third-order valence-electron chi connectivity index (χ3n) is 3.72. The fourth-order valence-electron chi connectivity index (χ4n) is 2.48. The molecule has 2 heterocycles. The standard InChI is InChI=1S/C16H19N3O2/c1-16(2,3)10-4-6-12-13(8-10)19-9-11(5-7-14(20)21)17-15(19)18-12/h4,6,8-9H,5,7H2,1-3H3,(H,17,18)(H,20,21). The van der Waals surface area contributed by atoms with Crippen LogP contribution in [0, 0.1) is 0 Å². The number of carboxylic acid groups (broad SMARTS) is 1. The van der Waals surface area contributed by atoms with E-state index in [0.717, 1.165) is 22.5 Å². The van der Waals surface area contributed by atoms with Crippen LogP contribution in [0.4, 0.5) is 0 Å². The first-order chi connectivity index (χ1) is 9.84. The molecule has 0 aliphatic carbocycles. The van der Waals surface area contributed by atoms with Crippen LogP contribution >= 0.6 is 0 Å². The van der Waals surface area contributed by atoms with E-state index in [1.165, 1.54) is 5.56 Å². The van der Waals surface area contributed by atoms with Gasteiger partial charge in [-0.1, -0.05) is 26.8 Å². The van der Waals surface area contributed by atoms with Gasteiger partial charge in [-0.2, -0.15) is 0 Å². The zero-order chi connectivity index (χ0) is 15.2. The summed E-state index contributed by atoms with van der Waals surface area (Å²) < 4.78 is 2.00. The average Bonchev–Trinajstić information content (AvgIpc) is 2.91. The smallest absolute Gasteiger partial charge is 0.303 e. The van der Waals surface area contributed by atoms with Crippen LogP contribution in [0.15, 0.2) is 24.4 Å². The van der Waals surface area contributed by atoms with Crippen molar-refractivity contribution in [3.05, 3.63) is 35.7 Å². The number of rotatable bonds is 3. The summed E-state index contributed by atoms with van der Waals surface area (Å²) in [5, 5.41) is 8.76. The monoisotopic (exact) mass is 285 g/mol. The molecule has 0 spiro atoms. The average molecular weight is 285 g/mol. The molecule has 0 saturated carbocycles. The van der Waals surface area contributed by atoms with Crippen molar-refractivity contribution in [3.8, 4) is 0 Å². The summed E-state index contributed by atoms with van der Waals surface area (Å²) in [5.41, 5.74) is 4.23. The lowest BCUT2D eigenvalue weighted by Crippen LogP contribution is -2.10. The van der Waals surface area contributed by atoms with Gasteiger partial charge in [-0.15, -0.1) is 0 Å². The Labute approximate surface area is 122 Å². The summed E-state index contributed by atoms with van der Waals surface area (Å²) in [6.07, 6.45) is 2.55. The topological polar surface area (TPSA) is 70.4 Å². The van der Waals surface area contributed by atoms with Crippen LogP contribution in [-0.2, 0) is 16.6 Å². The van der Waals surface area contributed by atoms with E-state index >= 15 is 0 Å². The number of H-pyrrole nitrogens is 1. The van der Waals surface area contributed by atoms with E-state index < -0.39 is 5.97 Å². The van der Waals surface area contributed by atoms with E-state index in [-0.39, 0.29) is 11.8 Å². The molecule has 1 aromatic carbocycles. The maximum Gasteiger partial charge on any atom is 0.303 e. The lowest BCUT2D eigenvalue weighted by atomic mass is 9.87. The SMILES string of the molecule is CC(C)(C)c1ccc2nc3[nH]c(CCC(=O)O)cn3c2c1. The Kier molecular flexibility index (Phi) is 3.01. The summed E-state index contributed by atoms with van der Waals surface area (Å²) in [6, 6.07) is 6.30. The molecule has 0 radical (unpaired) electrons. The maximum absolute atomic E-state index is 10.7. The zero-order valence-corrected chi connectivity index (χ0v) is 12.5. The minimum Gasteiger partial charge on any atom is -0.481 e. The fraction of sp³-hybridized carbons (Fsp3) is 0.375. The predicted octanol–water partition coefficient (Wildman–Crippen LogP) is 3.13. The molecule has 2 aromatic heterocycles. The van der Waals surface area contributed by atoms with Crippen molar-refractivity contribution in [2.45, 2.75) is 39.0 Å². The van der Waals surface area contributed by atoms with E-state index in [1.807, 2.05) is 16.7 Å². The lowest BCUT2D eigenvalue weighted by molar-refractivity contribution is -0.136. The Morgan fingerprint density at radius 2 is 2.14 bits per heavy atom. The van der Waals surface area contributed by atoms with Gasteiger partial charge in [-0.3, -0.25) is 9.20 Å². The summed E-state index contributed by atoms with van der Waals surface area (Å²) in [5.74, 6) is -0.0291. The molecule has 0 amide bonds. The van der Waals surface area contributed by atoms with Crippen molar-refractivity contribution >= 4 is 22.8 Å². The molecule has 0 atom stereocenters. The number of aryl methyl sites for hydroxylation is 1. The molecule has 21 heavy (non-hydrogen) atoms. The van der Waals surface area contributed by atoms with E-state index in [1.54, 1.807) is 0 Å². The van der Waals surface area contributed by atoms with E-state index in [0.29, 0.717) is 6.42 Å². The number of hydrogen-bond acceptors (Lipinski definition) is 2. The van der Waals surface area contributed by atoms with Gasteiger partial charge < -0.3 is 10.1 Å². The van der Waals surface area contributed by atoms with Gasteiger partial charge in [-0.25, -0.2) is 4.98 Å². The lowest BCUT2D eigenvalue weighted by Gasteiger charge is -2.18. The summed E-state index contributed by atoms with van der Waals surface area (Å²) in [6.45, 7) is 6.55. The first kappa shape index (κ1) is 13.7. The third-order valence-corrected chi connectivity index (χ3v) is 3.72. The molecule has 0 saturated heterocycles. The van der Waals surface area contributed by atoms with Gasteiger partial charge in [0.15, 0.2) is 0 Å². The predicted molar refractivity (Wildman–Crippen MR) is 81.7 cm³/mol. The largest absolute Gasteiger partial charge is 0.481 e. The van der Waals surface area contributed by atoms with Crippen molar-refractivity contribution in [1.29, 1.82) is 0 Å². The molecule has 0 fully saturated rings. The van der Waals surface area contributed by atoms with Gasteiger partial charge in [0, 0.05) is 11.9 Å². The Morgan fingerprint density at radius 1 is 1.38 bits per heavy atom. The van der Waals surface area contributed by atoms with Gasteiger partial charge in [-0.05, 0) is 29.5 Å². The van der Waals surface area contributed by atoms with Gasteiger partial charge >= 0.3 is 5.97 Å². The molecular weight excluding hydrogens is 266 g/mol. The Hall–Kier alpha value is -2.30. The molecule has 2 N–H and O–H groups in total. The molecule has 5 nitrogen and oxygen atoms in total. The minimum absolute atomic E-state index is 0.0841. The Morgan fingerprint density at radius 3 is 2.81 bits per heavy atom. The quantitative estimate of drug-likeness (QED) is 0.776. The highest BCUT2D eigenvalue weighted by atomic mass is 16.4. The number of nitrogens with one attached hydrogen (secondary N) is 1. The van der Waals surface area contributed by atoms with E-state index in [9.17, 15) is 4.79 Å². The van der Waals surface area contributed by atoms with Gasteiger partial charge in [0.1, 0.15) is 0 Å². The van der Waals surface area contributed by atoms with Crippen LogP contribution in [0.25, 0.3) is 16.8 Å². The number of aliphatic carboxylic acids is 1. The first-order valence-electron chi connectivity index (χ1n) is 7.06. The second-order valence-electron chi connectivity index (χ2n) is 6.43. The zero-order valence-electron chi connectivity index (χ0n) is 12.5. The van der Waals surface area contributed by atoms with Crippen molar-refractivity contribution in [2.24, 2.45) is 0 Å². The van der Waals surface area contributed by atoms with Crippen molar-refractivity contribution < 1.29 is 9.90 Å². The normalized spacial score (nSPS) is 12.3. The van der Waals surface area contributed by atoms with Crippen LogP contribution in [-0.4, -0.2) is 25.4 Å². The number of nitrogens with zero attached hydrogens (tertiary/aromatic N) is 2.